The highest BCUT2D eigenvalue weighted by molar-refractivity contribution is 7.98. The van der Waals surface area contributed by atoms with Gasteiger partial charge in [-0.05, 0) is 37.8 Å². The van der Waals surface area contributed by atoms with Crippen molar-refractivity contribution in [2.24, 2.45) is 5.73 Å². The normalized spacial score (nSPS) is 15.5. The summed E-state index contributed by atoms with van der Waals surface area (Å²) in [5.41, 5.74) is 6.25. The minimum Gasteiger partial charge on any atom is -0.480 e. The Morgan fingerprint density at radius 1 is 0.969 bits per heavy atom. The summed E-state index contributed by atoms with van der Waals surface area (Å²) in [6, 6.07) is 4.28. The quantitative estimate of drug-likeness (QED) is 0.219. The van der Waals surface area contributed by atoms with Crippen molar-refractivity contribution in [1.29, 1.82) is 0 Å². The number of hydrogen-bond acceptors (Lipinski definition) is 7. The average Bonchev–Trinajstić information content (AvgIpc) is 2.74. The van der Waals surface area contributed by atoms with Gasteiger partial charge in [0.2, 0.25) is 17.7 Å². The predicted molar refractivity (Wildman–Crippen MR) is 122 cm³/mol. The molecule has 0 radical (unpaired) electrons. The number of carbonyl (C=O) groups is 4. The first-order valence-electron chi connectivity index (χ1n) is 10.2. The van der Waals surface area contributed by atoms with Gasteiger partial charge in [0.05, 0.1) is 12.1 Å². The summed E-state index contributed by atoms with van der Waals surface area (Å²) in [5, 5.41) is 26.9. The van der Waals surface area contributed by atoms with Crippen LogP contribution in [0, 0.1) is 0 Å². The smallest absolute Gasteiger partial charge is 0.326 e. The SMILES string of the molecule is CSCCC(NC(=O)C(C)N)C(=O)NC(C(=O)NC(Cc1ccccc1)C(=O)O)C(C)O. The number of benzene rings is 1. The van der Waals surface area contributed by atoms with E-state index in [-0.39, 0.29) is 12.8 Å². The van der Waals surface area contributed by atoms with Gasteiger partial charge in [-0.1, -0.05) is 30.3 Å². The highest BCUT2D eigenvalue weighted by Crippen LogP contribution is 2.06. The van der Waals surface area contributed by atoms with Gasteiger partial charge in [0.25, 0.3) is 0 Å². The van der Waals surface area contributed by atoms with Crippen LogP contribution in [-0.4, -0.2) is 76.2 Å². The molecule has 0 aliphatic carbocycles. The molecule has 5 atom stereocenters. The van der Waals surface area contributed by atoms with E-state index in [1.165, 1.54) is 25.6 Å². The standard InChI is InChI=1S/C21H32N4O6S/c1-12(22)18(27)23-15(9-10-32-3)19(28)25-17(13(2)26)20(29)24-16(21(30)31)11-14-7-5-4-6-8-14/h4-8,12-13,15-17,26H,9-11,22H2,1-3H3,(H,23,27)(H,24,29)(H,25,28)(H,30,31). The molecule has 0 bridgehead atoms. The summed E-state index contributed by atoms with van der Waals surface area (Å²) in [6.07, 6.45) is 0.845. The third kappa shape index (κ3) is 9.25. The summed E-state index contributed by atoms with van der Waals surface area (Å²) in [7, 11) is 0. The number of aliphatic carboxylic acids is 1. The average molecular weight is 469 g/mol. The molecular formula is C21H32N4O6S. The van der Waals surface area contributed by atoms with E-state index >= 15 is 0 Å². The number of nitrogens with one attached hydrogen (secondary N) is 3. The second-order valence-corrected chi connectivity index (χ2v) is 8.43. The number of hydrogen-bond donors (Lipinski definition) is 6. The number of carboxylic acid groups (broad SMARTS) is 1. The molecule has 5 unspecified atom stereocenters. The Bertz CT molecular complexity index is 775. The first kappa shape index (κ1) is 27.4. The molecule has 7 N–H and O–H groups in total. The molecule has 0 saturated heterocycles. The number of amides is 3. The van der Waals surface area contributed by atoms with Crippen LogP contribution < -0.4 is 21.7 Å². The van der Waals surface area contributed by atoms with Gasteiger partial charge in [-0.25, -0.2) is 4.79 Å². The highest BCUT2D eigenvalue weighted by atomic mass is 32.2. The van der Waals surface area contributed by atoms with Crippen molar-refractivity contribution in [2.45, 2.75) is 57.0 Å². The van der Waals surface area contributed by atoms with Crippen LogP contribution in [0.1, 0.15) is 25.8 Å². The monoisotopic (exact) mass is 468 g/mol. The Morgan fingerprint density at radius 3 is 2.06 bits per heavy atom. The van der Waals surface area contributed by atoms with Crippen molar-refractivity contribution in [3.05, 3.63) is 35.9 Å². The van der Waals surface area contributed by atoms with Crippen LogP contribution in [0.5, 0.6) is 0 Å². The van der Waals surface area contributed by atoms with Crippen LogP contribution in [0.3, 0.4) is 0 Å². The van der Waals surface area contributed by atoms with E-state index in [2.05, 4.69) is 16.0 Å². The Kier molecular flexibility index (Phi) is 11.7. The minimum absolute atomic E-state index is 0.0309. The maximum Gasteiger partial charge on any atom is 0.326 e. The van der Waals surface area contributed by atoms with Crippen LogP contribution in [0.15, 0.2) is 30.3 Å². The van der Waals surface area contributed by atoms with E-state index in [9.17, 15) is 29.4 Å². The lowest BCUT2D eigenvalue weighted by atomic mass is 10.0. The Labute approximate surface area is 191 Å². The second-order valence-electron chi connectivity index (χ2n) is 7.45. The Morgan fingerprint density at radius 2 is 1.56 bits per heavy atom. The number of rotatable bonds is 13. The zero-order chi connectivity index (χ0) is 24.3. The number of carbonyl (C=O) groups excluding carboxylic acids is 3. The molecule has 0 saturated carbocycles. The molecule has 32 heavy (non-hydrogen) atoms. The summed E-state index contributed by atoms with van der Waals surface area (Å²) in [4.78, 5) is 49.1. The lowest BCUT2D eigenvalue weighted by molar-refractivity contribution is -0.143. The van der Waals surface area contributed by atoms with Crippen molar-refractivity contribution >= 4 is 35.5 Å². The van der Waals surface area contributed by atoms with Gasteiger partial charge in [-0.3, -0.25) is 14.4 Å². The van der Waals surface area contributed by atoms with Crippen LogP contribution in [0.25, 0.3) is 0 Å². The summed E-state index contributed by atoms with van der Waals surface area (Å²) in [6.45, 7) is 2.78. The molecule has 10 nitrogen and oxygen atoms in total. The highest BCUT2D eigenvalue weighted by Gasteiger charge is 2.32. The molecular weight excluding hydrogens is 436 g/mol. The van der Waals surface area contributed by atoms with Gasteiger partial charge in [0, 0.05) is 6.42 Å². The Hall–Kier alpha value is -2.63. The van der Waals surface area contributed by atoms with Crippen LogP contribution in [-0.2, 0) is 25.6 Å². The topological polar surface area (TPSA) is 171 Å². The van der Waals surface area contributed by atoms with Crippen molar-refractivity contribution < 1.29 is 29.4 Å². The summed E-state index contributed by atoms with van der Waals surface area (Å²) < 4.78 is 0. The lowest BCUT2D eigenvalue weighted by Crippen LogP contribution is -2.60. The van der Waals surface area contributed by atoms with E-state index < -0.39 is 54.0 Å². The molecule has 11 heteroatoms. The number of nitrogens with two attached hydrogens (primary N) is 1. The van der Waals surface area contributed by atoms with Gasteiger partial charge in [0.1, 0.15) is 18.1 Å². The van der Waals surface area contributed by atoms with Gasteiger partial charge >= 0.3 is 5.97 Å². The molecule has 0 fully saturated rings. The summed E-state index contributed by atoms with van der Waals surface area (Å²) in [5.74, 6) is -2.75. The molecule has 3 amide bonds. The van der Waals surface area contributed by atoms with E-state index in [1.54, 1.807) is 30.3 Å². The summed E-state index contributed by atoms with van der Waals surface area (Å²) >= 11 is 1.47. The zero-order valence-electron chi connectivity index (χ0n) is 18.4. The van der Waals surface area contributed by atoms with Gasteiger partial charge in [-0.15, -0.1) is 0 Å². The van der Waals surface area contributed by atoms with Crippen molar-refractivity contribution in [2.75, 3.05) is 12.0 Å². The third-order valence-electron chi connectivity index (χ3n) is 4.62. The zero-order valence-corrected chi connectivity index (χ0v) is 19.2. The lowest BCUT2D eigenvalue weighted by Gasteiger charge is -2.26. The number of carboxylic acids is 1. The van der Waals surface area contributed by atoms with Gasteiger partial charge in [-0.2, -0.15) is 11.8 Å². The van der Waals surface area contributed by atoms with Crippen molar-refractivity contribution in [1.82, 2.24) is 16.0 Å². The van der Waals surface area contributed by atoms with Crippen LogP contribution >= 0.6 is 11.8 Å². The molecule has 1 rings (SSSR count). The fourth-order valence-electron chi connectivity index (χ4n) is 2.78. The molecule has 0 heterocycles. The molecule has 0 aromatic heterocycles. The second kappa shape index (κ2) is 13.7. The molecule has 1 aromatic rings. The first-order valence-corrected chi connectivity index (χ1v) is 11.6. The van der Waals surface area contributed by atoms with Gasteiger partial charge < -0.3 is 31.9 Å². The number of thioether (sulfide) groups is 1. The van der Waals surface area contributed by atoms with E-state index in [0.717, 1.165) is 0 Å². The van der Waals surface area contributed by atoms with Crippen molar-refractivity contribution in [3.8, 4) is 0 Å². The van der Waals surface area contributed by atoms with Crippen LogP contribution in [0.2, 0.25) is 0 Å². The first-order chi connectivity index (χ1) is 15.1. The number of aliphatic hydroxyl groups is 1. The Balaban J connectivity index is 2.91. The molecule has 0 aliphatic rings. The van der Waals surface area contributed by atoms with E-state index in [0.29, 0.717) is 11.3 Å². The third-order valence-corrected chi connectivity index (χ3v) is 5.26. The fraction of sp³-hybridized carbons (Fsp3) is 0.524. The fourth-order valence-corrected chi connectivity index (χ4v) is 3.25. The molecule has 1 aromatic carbocycles. The maximum absolute atomic E-state index is 12.8. The molecule has 0 spiro atoms. The van der Waals surface area contributed by atoms with E-state index in [1.807, 2.05) is 6.26 Å². The molecule has 0 aliphatic heterocycles. The molecule has 178 valence electrons. The van der Waals surface area contributed by atoms with E-state index in [4.69, 9.17) is 5.73 Å². The van der Waals surface area contributed by atoms with Gasteiger partial charge in [0.15, 0.2) is 0 Å². The van der Waals surface area contributed by atoms with Crippen molar-refractivity contribution in [3.63, 3.8) is 0 Å². The minimum atomic E-state index is -1.41. The predicted octanol–water partition coefficient (Wildman–Crippen LogP) is -0.751. The van der Waals surface area contributed by atoms with Crippen LogP contribution in [0.4, 0.5) is 0 Å². The maximum atomic E-state index is 12.8. The largest absolute Gasteiger partial charge is 0.480 e. The number of aliphatic hydroxyl groups excluding tert-OH is 1.